The van der Waals surface area contributed by atoms with E-state index < -0.39 is 5.92 Å². The monoisotopic (exact) mass is 376 g/mol. The molecule has 28 heavy (non-hydrogen) atoms. The van der Waals surface area contributed by atoms with Crippen LogP contribution in [-0.2, 0) is 9.59 Å². The summed E-state index contributed by atoms with van der Waals surface area (Å²) in [5.41, 5.74) is 3.11. The summed E-state index contributed by atoms with van der Waals surface area (Å²) in [6.45, 7) is 4.39. The number of carbonyl (C=O) groups excluding carboxylic acids is 2. The molecule has 1 aliphatic heterocycles. The molecule has 8 nitrogen and oxygen atoms in total. The number of rotatable bonds is 4. The van der Waals surface area contributed by atoms with Crippen molar-refractivity contribution in [1.82, 2.24) is 19.7 Å². The van der Waals surface area contributed by atoms with Crippen LogP contribution in [0, 0.1) is 19.8 Å². The molecule has 1 N–H and O–H groups in total. The van der Waals surface area contributed by atoms with Crippen LogP contribution < -0.4 is 10.2 Å². The van der Waals surface area contributed by atoms with Gasteiger partial charge in [-0.15, -0.1) is 0 Å². The molecule has 1 aromatic carbocycles. The summed E-state index contributed by atoms with van der Waals surface area (Å²) in [6.07, 6.45) is 4.94. The van der Waals surface area contributed by atoms with E-state index in [1.807, 2.05) is 32.0 Å². The van der Waals surface area contributed by atoms with E-state index in [9.17, 15) is 9.59 Å². The second kappa shape index (κ2) is 7.22. The Labute approximate surface area is 162 Å². The van der Waals surface area contributed by atoms with Gasteiger partial charge in [-0.1, -0.05) is 6.07 Å². The highest BCUT2D eigenvalue weighted by Crippen LogP contribution is 2.27. The quantitative estimate of drug-likeness (QED) is 0.754. The van der Waals surface area contributed by atoms with Crippen LogP contribution in [-0.4, -0.2) is 38.1 Å². The minimum absolute atomic E-state index is 0.0525. The predicted octanol–water partition coefficient (Wildman–Crippen LogP) is 2.27. The largest absolute Gasteiger partial charge is 0.312 e. The third-order valence-corrected chi connectivity index (χ3v) is 4.94. The first-order valence-corrected chi connectivity index (χ1v) is 9.02. The highest BCUT2D eigenvalue weighted by Gasteiger charge is 2.35. The van der Waals surface area contributed by atoms with Gasteiger partial charge in [0.15, 0.2) is 5.82 Å². The van der Waals surface area contributed by atoms with Gasteiger partial charge < -0.3 is 10.2 Å². The molecule has 0 saturated carbocycles. The van der Waals surface area contributed by atoms with Gasteiger partial charge in [0.1, 0.15) is 12.1 Å². The van der Waals surface area contributed by atoms with E-state index in [0.29, 0.717) is 18.2 Å². The fraction of sp³-hybridized carbons (Fsp3) is 0.250. The van der Waals surface area contributed by atoms with Crippen LogP contribution in [0.25, 0.3) is 5.82 Å². The van der Waals surface area contributed by atoms with Gasteiger partial charge in [0, 0.05) is 37.1 Å². The molecule has 0 spiro atoms. The van der Waals surface area contributed by atoms with Gasteiger partial charge in [0.05, 0.1) is 5.92 Å². The molecule has 142 valence electrons. The van der Waals surface area contributed by atoms with Gasteiger partial charge in [-0.2, -0.15) is 5.10 Å². The Morgan fingerprint density at radius 3 is 2.79 bits per heavy atom. The van der Waals surface area contributed by atoms with Crippen LogP contribution in [0.4, 0.5) is 11.5 Å². The number of hydrogen-bond donors (Lipinski definition) is 1. The van der Waals surface area contributed by atoms with Crippen LogP contribution in [0.5, 0.6) is 0 Å². The van der Waals surface area contributed by atoms with Crippen LogP contribution in [0.1, 0.15) is 17.5 Å². The first-order valence-electron chi connectivity index (χ1n) is 9.02. The average molecular weight is 376 g/mol. The number of hydrogen-bond acceptors (Lipinski definition) is 5. The van der Waals surface area contributed by atoms with Crippen LogP contribution >= 0.6 is 0 Å². The van der Waals surface area contributed by atoms with Crippen LogP contribution in [0.15, 0.2) is 49.1 Å². The minimum Gasteiger partial charge on any atom is -0.312 e. The topological polar surface area (TPSA) is 93.0 Å². The van der Waals surface area contributed by atoms with E-state index >= 15 is 0 Å². The number of amides is 2. The summed E-state index contributed by atoms with van der Waals surface area (Å²) >= 11 is 0. The molecule has 1 atom stereocenters. The number of aryl methyl sites for hydroxylation is 2. The Kier molecular flexibility index (Phi) is 4.60. The Morgan fingerprint density at radius 2 is 2.04 bits per heavy atom. The van der Waals surface area contributed by atoms with Crippen molar-refractivity contribution in [1.29, 1.82) is 0 Å². The number of carbonyl (C=O) groups is 2. The molecule has 1 aliphatic rings. The van der Waals surface area contributed by atoms with Crippen molar-refractivity contribution in [2.75, 3.05) is 16.8 Å². The van der Waals surface area contributed by atoms with Crippen LogP contribution in [0.3, 0.4) is 0 Å². The Morgan fingerprint density at radius 1 is 1.18 bits per heavy atom. The van der Waals surface area contributed by atoms with Crippen LogP contribution in [0.2, 0.25) is 0 Å². The molecule has 0 radical (unpaired) electrons. The fourth-order valence-corrected chi connectivity index (χ4v) is 3.20. The maximum absolute atomic E-state index is 12.7. The second-order valence-electron chi connectivity index (χ2n) is 6.88. The second-order valence-corrected chi connectivity index (χ2v) is 6.88. The molecule has 1 fully saturated rings. The Bertz CT molecular complexity index is 1030. The van der Waals surface area contributed by atoms with E-state index in [4.69, 9.17) is 0 Å². The standard InChI is InChI=1S/C20H20N6O2/c1-13-4-5-16(8-14(13)2)25-11-15(9-19(25)27)20(28)24-17-10-18(22-12-21-17)26-7-3-6-23-26/h3-8,10,12,15H,9,11H2,1-2H3,(H,21,22,24,28). The third kappa shape index (κ3) is 3.48. The van der Waals surface area contributed by atoms with Crippen molar-refractivity contribution in [2.45, 2.75) is 20.3 Å². The maximum atomic E-state index is 12.7. The van der Waals surface area contributed by atoms with Gasteiger partial charge in [-0.05, 0) is 43.2 Å². The van der Waals surface area contributed by atoms with Crippen molar-refractivity contribution in [3.05, 3.63) is 60.2 Å². The highest BCUT2D eigenvalue weighted by atomic mass is 16.2. The predicted molar refractivity (Wildman–Crippen MR) is 104 cm³/mol. The van der Waals surface area contributed by atoms with Gasteiger partial charge in [-0.3, -0.25) is 9.59 Å². The van der Waals surface area contributed by atoms with Gasteiger partial charge >= 0.3 is 0 Å². The molecule has 1 saturated heterocycles. The molecule has 4 rings (SSSR count). The van der Waals surface area contributed by atoms with Crippen molar-refractivity contribution in [3.63, 3.8) is 0 Å². The molecule has 1 unspecified atom stereocenters. The molecular weight excluding hydrogens is 356 g/mol. The Balaban J connectivity index is 1.47. The SMILES string of the molecule is Cc1ccc(N2CC(C(=O)Nc3cc(-n4cccn4)ncn3)CC2=O)cc1C. The zero-order valence-corrected chi connectivity index (χ0v) is 15.7. The Hall–Kier alpha value is -3.55. The lowest BCUT2D eigenvalue weighted by atomic mass is 10.1. The first kappa shape index (κ1) is 17.8. The van der Waals surface area contributed by atoms with Gasteiger partial charge in [0.25, 0.3) is 0 Å². The van der Waals surface area contributed by atoms with E-state index in [-0.39, 0.29) is 18.2 Å². The number of nitrogens with zero attached hydrogens (tertiary/aromatic N) is 5. The summed E-state index contributed by atoms with van der Waals surface area (Å²) in [5, 5.41) is 6.90. The smallest absolute Gasteiger partial charge is 0.230 e. The van der Waals surface area contributed by atoms with Crippen molar-refractivity contribution < 1.29 is 9.59 Å². The summed E-state index contributed by atoms with van der Waals surface area (Å²) in [4.78, 5) is 35.0. The molecule has 0 bridgehead atoms. The summed E-state index contributed by atoms with van der Waals surface area (Å²) in [5.74, 6) is 0.211. The molecule has 0 aliphatic carbocycles. The van der Waals surface area contributed by atoms with Crippen molar-refractivity contribution >= 4 is 23.3 Å². The summed E-state index contributed by atoms with van der Waals surface area (Å²) in [7, 11) is 0. The highest BCUT2D eigenvalue weighted by molar-refractivity contribution is 6.03. The molecule has 3 aromatic rings. The average Bonchev–Trinajstić information content (AvgIpc) is 3.34. The van der Waals surface area contributed by atoms with E-state index in [1.54, 1.807) is 34.1 Å². The molecule has 2 amide bonds. The van der Waals surface area contributed by atoms with Gasteiger partial charge in [-0.25, -0.2) is 14.6 Å². The van der Waals surface area contributed by atoms with Gasteiger partial charge in [0.2, 0.25) is 11.8 Å². The van der Waals surface area contributed by atoms with E-state index in [1.165, 1.54) is 11.9 Å². The number of aromatic nitrogens is 4. The van der Waals surface area contributed by atoms with E-state index in [2.05, 4.69) is 20.4 Å². The third-order valence-electron chi connectivity index (χ3n) is 4.94. The summed E-state index contributed by atoms with van der Waals surface area (Å²) in [6, 6.07) is 9.31. The van der Waals surface area contributed by atoms with Crippen molar-refractivity contribution in [3.8, 4) is 5.82 Å². The normalized spacial score (nSPS) is 16.4. The molecule has 8 heteroatoms. The number of anilines is 2. The lowest BCUT2D eigenvalue weighted by Gasteiger charge is -2.18. The number of nitrogens with one attached hydrogen (secondary N) is 1. The summed E-state index contributed by atoms with van der Waals surface area (Å²) < 4.78 is 1.58. The molecule has 3 heterocycles. The van der Waals surface area contributed by atoms with E-state index in [0.717, 1.165) is 11.3 Å². The minimum atomic E-state index is -0.433. The fourth-order valence-electron chi connectivity index (χ4n) is 3.20. The zero-order valence-electron chi connectivity index (χ0n) is 15.7. The lowest BCUT2D eigenvalue weighted by Crippen LogP contribution is -2.28. The maximum Gasteiger partial charge on any atom is 0.230 e. The zero-order chi connectivity index (χ0) is 19.7. The lowest BCUT2D eigenvalue weighted by molar-refractivity contribution is -0.122. The molecule has 2 aromatic heterocycles. The molecular formula is C20H20N6O2. The number of benzene rings is 1. The first-order chi connectivity index (χ1) is 13.5. The van der Waals surface area contributed by atoms with Crippen molar-refractivity contribution in [2.24, 2.45) is 5.92 Å².